The fraction of sp³-hybridized carbons (Fsp3) is 0.158. The Morgan fingerprint density at radius 3 is 2.63 bits per heavy atom. The van der Waals surface area contributed by atoms with Crippen LogP contribution in [0.15, 0.2) is 62.9 Å². The predicted molar refractivity (Wildman–Crippen MR) is 103 cm³/mol. The van der Waals surface area contributed by atoms with Crippen molar-refractivity contribution in [3.8, 4) is 11.4 Å². The van der Waals surface area contributed by atoms with Crippen molar-refractivity contribution in [1.29, 1.82) is 0 Å². The van der Waals surface area contributed by atoms with Crippen LogP contribution in [0.3, 0.4) is 0 Å². The Morgan fingerprint density at radius 2 is 1.90 bits per heavy atom. The van der Waals surface area contributed by atoms with Crippen molar-refractivity contribution in [3.05, 3.63) is 70.1 Å². The van der Waals surface area contributed by atoms with Crippen LogP contribution < -0.4 is 10.4 Å². The van der Waals surface area contributed by atoms with E-state index in [4.69, 9.17) is 4.42 Å². The van der Waals surface area contributed by atoms with Crippen molar-refractivity contribution in [2.24, 2.45) is 0 Å². The topological polar surface area (TPSA) is 83.0 Å². The van der Waals surface area contributed by atoms with Gasteiger partial charge in [-0.3, -0.25) is 0 Å². The molecule has 0 radical (unpaired) electrons. The number of aromatic nitrogens is 4. The lowest BCUT2D eigenvalue weighted by Gasteiger charge is -2.10. The molecule has 0 N–H and O–H groups in total. The number of hydrogen-bond donors (Lipinski definition) is 0. The zero-order valence-corrected chi connectivity index (χ0v) is 16.2. The van der Waals surface area contributed by atoms with Gasteiger partial charge in [-0.15, -0.1) is 18.3 Å². The van der Waals surface area contributed by atoms with E-state index in [0.29, 0.717) is 22.2 Å². The average Bonchev–Trinajstić information content (AvgIpc) is 3.13. The van der Waals surface area contributed by atoms with Crippen molar-refractivity contribution >= 4 is 22.7 Å². The first kappa shape index (κ1) is 20.0. The lowest BCUT2D eigenvalue weighted by atomic mass is 10.1. The Morgan fingerprint density at radius 1 is 1.13 bits per heavy atom. The molecule has 7 nitrogen and oxygen atoms in total. The molecule has 0 amide bonds. The Labute approximate surface area is 171 Å². The molecule has 0 bridgehead atoms. The summed E-state index contributed by atoms with van der Waals surface area (Å²) in [6, 6.07) is 12.2. The number of hydrogen-bond acceptors (Lipinski definition) is 7. The highest BCUT2D eigenvalue weighted by atomic mass is 32.2. The minimum atomic E-state index is -4.76. The Kier molecular flexibility index (Phi) is 5.20. The van der Waals surface area contributed by atoms with Crippen LogP contribution in [0.2, 0.25) is 0 Å². The summed E-state index contributed by atoms with van der Waals surface area (Å²) in [6.45, 7) is 1.90. The SMILES string of the molecule is Cc1ccc2c(CSc3nnnn3-c3ccc(OC(F)(F)F)cc3)cc(=O)oc2c1. The van der Waals surface area contributed by atoms with Gasteiger partial charge < -0.3 is 9.15 Å². The van der Waals surface area contributed by atoms with Crippen LogP contribution in [-0.4, -0.2) is 26.6 Å². The lowest BCUT2D eigenvalue weighted by molar-refractivity contribution is -0.274. The van der Waals surface area contributed by atoms with E-state index >= 15 is 0 Å². The number of benzene rings is 2. The van der Waals surface area contributed by atoms with E-state index in [1.165, 1.54) is 46.8 Å². The number of nitrogens with zero attached hydrogens (tertiary/aromatic N) is 4. The molecule has 0 unspecified atom stereocenters. The standard InChI is InChI=1S/C19H13F3N4O3S/c1-11-2-7-15-12(9-17(27)28-16(15)8-11)10-30-18-23-24-25-26(18)13-3-5-14(6-4-13)29-19(20,21)22/h2-9H,10H2,1H3. The first-order valence-corrected chi connectivity index (χ1v) is 9.58. The van der Waals surface area contributed by atoms with Crippen LogP contribution in [0.4, 0.5) is 13.2 Å². The molecule has 0 atom stereocenters. The molecule has 0 spiro atoms. The van der Waals surface area contributed by atoms with Gasteiger partial charge in [-0.25, -0.2) is 4.79 Å². The van der Waals surface area contributed by atoms with Gasteiger partial charge in [-0.2, -0.15) is 4.68 Å². The molecule has 2 aromatic heterocycles. The molecule has 2 heterocycles. The number of alkyl halides is 3. The largest absolute Gasteiger partial charge is 0.573 e. The number of rotatable bonds is 5. The lowest BCUT2D eigenvalue weighted by Crippen LogP contribution is -2.17. The van der Waals surface area contributed by atoms with Crippen molar-refractivity contribution < 1.29 is 22.3 Å². The number of tetrazole rings is 1. The van der Waals surface area contributed by atoms with Gasteiger partial charge in [-0.1, -0.05) is 23.9 Å². The van der Waals surface area contributed by atoms with Gasteiger partial charge in [-0.05, 0) is 58.8 Å². The summed E-state index contributed by atoms with van der Waals surface area (Å²) in [5.41, 5.74) is 2.23. The van der Waals surface area contributed by atoms with Gasteiger partial charge in [0.15, 0.2) is 0 Å². The molecule has 0 saturated heterocycles. The van der Waals surface area contributed by atoms with Crippen LogP contribution in [0, 0.1) is 6.92 Å². The highest BCUT2D eigenvalue weighted by Gasteiger charge is 2.31. The molecule has 30 heavy (non-hydrogen) atoms. The Hall–Kier alpha value is -3.34. The molecule has 4 aromatic rings. The summed E-state index contributed by atoms with van der Waals surface area (Å²) in [5, 5.41) is 12.7. The summed E-state index contributed by atoms with van der Waals surface area (Å²) in [6.07, 6.45) is -4.76. The maximum atomic E-state index is 12.3. The second-order valence-electron chi connectivity index (χ2n) is 6.29. The normalized spacial score (nSPS) is 11.7. The Bertz CT molecular complexity index is 1250. The van der Waals surface area contributed by atoms with E-state index in [9.17, 15) is 18.0 Å². The van der Waals surface area contributed by atoms with Crippen molar-refractivity contribution in [2.45, 2.75) is 24.2 Å². The molecular weight excluding hydrogens is 421 g/mol. The zero-order valence-electron chi connectivity index (χ0n) is 15.4. The fourth-order valence-electron chi connectivity index (χ4n) is 2.82. The third kappa shape index (κ3) is 4.46. The van der Waals surface area contributed by atoms with E-state index in [1.54, 1.807) is 6.07 Å². The second kappa shape index (κ2) is 7.82. The average molecular weight is 434 g/mol. The summed E-state index contributed by atoms with van der Waals surface area (Å²) >= 11 is 1.28. The molecule has 0 fully saturated rings. The van der Waals surface area contributed by atoms with Gasteiger partial charge >= 0.3 is 12.0 Å². The van der Waals surface area contributed by atoms with E-state index < -0.39 is 12.0 Å². The molecule has 0 aliphatic carbocycles. The molecule has 0 saturated carbocycles. The van der Waals surface area contributed by atoms with Crippen LogP contribution in [-0.2, 0) is 5.75 Å². The Balaban J connectivity index is 1.57. The summed E-state index contributed by atoms with van der Waals surface area (Å²) in [4.78, 5) is 11.9. The maximum Gasteiger partial charge on any atom is 0.573 e. The first-order valence-electron chi connectivity index (χ1n) is 8.59. The molecule has 4 rings (SSSR count). The van der Waals surface area contributed by atoms with Crippen LogP contribution in [0.1, 0.15) is 11.1 Å². The van der Waals surface area contributed by atoms with Crippen LogP contribution >= 0.6 is 11.8 Å². The molecule has 154 valence electrons. The van der Waals surface area contributed by atoms with Crippen molar-refractivity contribution in [3.63, 3.8) is 0 Å². The third-order valence-electron chi connectivity index (χ3n) is 4.10. The van der Waals surface area contributed by atoms with Crippen LogP contribution in [0.25, 0.3) is 16.7 Å². The minimum Gasteiger partial charge on any atom is -0.423 e. The van der Waals surface area contributed by atoms with E-state index in [-0.39, 0.29) is 5.75 Å². The number of aryl methyl sites for hydroxylation is 1. The maximum absolute atomic E-state index is 12.3. The summed E-state index contributed by atoms with van der Waals surface area (Å²) < 4.78 is 47.4. The number of ether oxygens (including phenoxy) is 1. The van der Waals surface area contributed by atoms with Gasteiger partial charge in [0.1, 0.15) is 11.3 Å². The quantitative estimate of drug-likeness (QED) is 0.343. The second-order valence-corrected chi connectivity index (χ2v) is 7.24. The van der Waals surface area contributed by atoms with E-state index in [0.717, 1.165) is 16.5 Å². The highest BCUT2D eigenvalue weighted by molar-refractivity contribution is 7.98. The third-order valence-corrected chi connectivity index (χ3v) is 5.07. The molecule has 0 aliphatic heterocycles. The van der Waals surface area contributed by atoms with E-state index in [1.807, 2.05) is 19.1 Å². The van der Waals surface area contributed by atoms with Gasteiger partial charge in [0.2, 0.25) is 5.16 Å². The van der Waals surface area contributed by atoms with Gasteiger partial charge in [0.25, 0.3) is 0 Å². The van der Waals surface area contributed by atoms with Gasteiger partial charge in [0, 0.05) is 17.2 Å². The summed E-state index contributed by atoms with van der Waals surface area (Å²) in [5.74, 6) is 0.0483. The fourth-order valence-corrected chi connectivity index (χ4v) is 3.70. The molecule has 11 heteroatoms. The molecule has 2 aromatic carbocycles. The van der Waals surface area contributed by atoms with E-state index in [2.05, 4.69) is 20.3 Å². The number of thioether (sulfide) groups is 1. The van der Waals surface area contributed by atoms with Crippen molar-refractivity contribution in [1.82, 2.24) is 20.2 Å². The molecular formula is C19H13F3N4O3S. The number of fused-ring (bicyclic) bond motifs is 1. The minimum absolute atomic E-state index is 0.341. The van der Waals surface area contributed by atoms with Gasteiger partial charge in [0.05, 0.1) is 5.69 Å². The molecule has 0 aliphatic rings. The predicted octanol–water partition coefficient (Wildman–Crippen LogP) is 4.27. The monoisotopic (exact) mass is 434 g/mol. The van der Waals surface area contributed by atoms with Crippen LogP contribution in [0.5, 0.6) is 5.75 Å². The number of halogens is 3. The van der Waals surface area contributed by atoms with Crippen molar-refractivity contribution in [2.75, 3.05) is 0 Å². The summed E-state index contributed by atoms with van der Waals surface area (Å²) in [7, 11) is 0. The zero-order chi connectivity index (χ0) is 21.3. The highest BCUT2D eigenvalue weighted by Crippen LogP contribution is 2.28. The first-order chi connectivity index (χ1) is 14.3. The smallest absolute Gasteiger partial charge is 0.423 e.